The van der Waals surface area contributed by atoms with Crippen molar-refractivity contribution in [2.24, 2.45) is 0 Å². The Kier molecular flexibility index (Phi) is 5.82. The number of nitrogens with one attached hydrogen (secondary N) is 1. The molecule has 0 aliphatic carbocycles. The Hall–Kier alpha value is -3.09. The minimum absolute atomic E-state index is 0.177. The Morgan fingerprint density at radius 2 is 1.82 bits per heavy atom. The summed E-state index contributed by atoms with van der Waals surface area (Å²) in [7, 11) is 1.39. The topological polar surface area (TPSA) is 88.9 Å². The number of hydrogen-bond donors (Lipinski definition) is 1. The number of carbonyl (C=O) groups excluding carboxylic acids is 3. The van der Waals surface area contributed by atoms with Crippen LogP contribution < -0.4 is 5.32 Å². The van der Waals surface area contributed by atoms with Crippen LogP contribution in [0.1, 0.15) is 35.7 Å². The van der Waals surface area contributed by atoms with Crippen LogP contribution in [0.2, 0.25) is 0 Å². The number of amides is 2. The molecule has 1 atom stereocenters. The summed E-state index contributed by atoms with van der Waals surface area (Å²) in [5.41, 5.74) is 0.512. The lowest BCUT2D eigenvalue weighted by Gasteiger charge is -2.40. The number of benzene rings is 1. The Labute approximate surface area is 163 Å². The molecule has 1 N–H and O–H groups in total. The van der Waals surface area contributed by atoms with Gasteiger partial charge < -0.3 is 19.4 Å². The number of likely N-dealkylation sites (tertiary alicyclic amines) is 1. The van der Waals surface area contributed by atoms with E-state index in [1.165, 1.54) is 25.7 Å². The van der Waals surface area contributed by atoms with E-state index in [0.717, 1.165) is 5.56 Å². The molecule has 0 saturated carbocycles. The van der Waals surface area contributed by atoms with Gasteiger partial charge in [-0.25, -0.2) is 0 Å². The smallest absolute Gasteiger partial charge is 0.316 e. The average molecular weight is 384 g/mol. The zero-order chi connectivity index (χ0) is 20.1. The van der Waals surface area contributed by atoms with Crippen LogP contribution in [0.15, 0.2) is 53.3 Å². The third-order valence-corrected chi connectivity index (χ3v) is 5.33. The zero-order valence-corrected chi connectivity index (χ0v) is 16.0. The predicted octanol–water partition coefficient (Wildman–Crippen LogP) is 2.13. The normalized spacial score (nSPS) is 16.9. The van der Waals surface area contributed by atoms with Gasteiger partial charge in [-0.15, -0.1) is 0 Å². The van der Waals surface area contributed by atoms with E-state index < -0.39 is 11.5 Å². The van der Waals surface area contributed by atoms with E-state index >= 15 is 0 Å². The lowest BCUT2D eigenvalue weighted by molar-refractivity contribution is -0.151. The molecule has 0 spiro atoms. The first kappa shape index (κ1) is 19.7. The fourth-order valence-electron chi connectivity index (χ4n) is 3.68. The standard InChI is InChI=1S/C21H24N2O5/c1-15(22-18(24)16-8-13-28-14-16)19(25)23-11-9-21(10-12-23,20(26)27-2)17-6-4-3-5-7-17/h3-8,13-15H,9-12H2,1-2H3,(H,22,24). The van der Waals surface area contributed by atoms with Gasteiger partial charge in [0.2, 0.25) is 5.91 Å². The summed E-state index contributed by atoms with van der Waals surface area (Å²) in [4.78, 5) is 39.1. The second-order valence-corrected chi connectivity index (χ2v) is 6.97. The van der Waals surface area contributed by atoms with Crippen molar-refractivity contribution in [2.75, 3.05) is 20.2 Å². The summed E-state index contributed by atoms with van der Waals surface area (Å²) in [6.45, 7) is 2.48. The molecule has 0 radical (unpaired) electrons. The average Bonchev–Trinajstić information content (AvgIpc) is 3.28. The van der Waals surface area contributed by atoms with Crippen LogP contribution in [-0.2, 0) is 19.7 Å². The van der Waals surface area contributed by atoms with Crippen molar-refractivity contribution in [3.63, 3.8) is 0 Å². The highest BCUT2D eigenvalue weighted by Gasteiger charge is 2.45. The maximum Gasteiger partial charge on any atom is 0.316 e. The number of piperidine rings is 1. The molecule has 1 aliphatic heterocycles. The Balaban J connectivity index is 1.66. The second-order valence-electron chi connectivity index (χ2n) is 6.97. The first-order chi connectivity index (χ1) is 13.5. The number of methoxy groups -OCH3 is 1. The van der Waals surface area contributed by atoms with E-state index in [2.05, 4.69) is 5.32 Å². The summed E-state index contributed by atoms with van der Waals surface area (Å²) in [6.07, 6.45) is 3.68. The summed E-state index contributed by atoms with van der Waals surface area (Å²) in [5, 5.41) is 2.68. The fourth-order valence-corrected chi connectivity index (χ4v) is 3.68. The molecular weight excluding hydrogens is 360 g/mol. The van der Waals surface area contributed by atoms with Crippen molar-refractivity contribution < 1.29 is 23.5 Å². The highest BCUT2D eigenvalue weighted by atomic mass is 16.5. The molecule has 1 saturated heterocycles. The van der Waals surface area contributed by atoms with E-state index in [1.807, 2.05) is 30.3 Å². The molecule has 2 heterocycles. The predicted molar refractivity (Wildman–Crippen MR) is 102 cm³/mol. The van der Waals surface area contributed by atoms with Crippen molar-refractivity contribution in [1.82, 2.24) is 10.2 Å². The third kappa shape index (κ3) is 3.78. The minimum Gasteiger partial charge on any atom is -0.472 e. The molecule has 0 bridgehead atoms. The number of hydrogen-bond acceptors (Lipinski definition) is 5. The van der Waals surface area contributed by atoms with Crippen LogP contribution in [0.5, 0.6) is 0 Å². The van der Waals surface area contributed by atoms with Gasteiger partial charge in [-0.1, -0.05) is 30.3 Å². The number of ether oxygens (including phenoxy) is 1. The van der Waals surface area contributed by atoms with E-state index in [1.54, 1.807) is 11.8 Å². The Morgan fingerprint density at radius 1 is 1.14 bits per heavy atom. The van der Waals surface area contributed by atoms with Crippen molar-refractivity contribution in [3.05, 3.63) is 60.1 Å². The lowest BCUT2D eigenvalue weighted by atomic mass is 9.72. The van der Waals surface area contributed by atoms with Crippen LogP contribution in [0.3, 0.4) is 0 Å². The van der Waals surface area contributed by atoms with Gasteiger partial charge >= 0.3 is 5.97 Å². The molecule has 1 unspecified atom stereocenters. The van der Waals surface area contributed by atoms with E-state index in [0.29, 0.717) is 31.5 Å². The van der Waals surface area contributed by atoms with Crippen molar-refractivity contribution in [3.8, 4) is 0 Å². The molecule has 7 nitrogen and oxygen atoms in total. The molecule has 7 heteroatoms. The number of rotatable bonds is 5. The SMILES string of the molecule is COC(=O)C1(c2ccccc2)CCN(C(=O)C(C)NC(=O)c2ccoc2)CC1. The van der Waals surface area contributed by atoms with Gasteiger partial charge in [-0.05, 0) is 31.4 Å². The molecule has 1 fully saturated rings. The van der Waals surface area contributed by atoms with Crippen LogP contribution in [0, 0.1) is 0 Å². The Bertz CT molecular complexity index is 824. The van der Waals surface area contributed by atoms with Gasteiger partial charge in [0.05, 0.1) is 24.4 Å². The molecule has 2 amide bonds. The van der Waals surface area contributed by atoms with Crippen LogP contribution in [-0.4, -0.2) is 48.9 Å². The largest absolute Gasteiger partial charge is 0.472 e. The molecule has 1 aliphatic rings. The zero-order valence-electron chi connectivity index (χ0n) is 16.0. The van der Waals surface area contributed by atoms with E-state index in [9.17, 15) is 14.4 Å². The van der Waals surface area contributed by atoms with E-state index in [-0.39, 0.29) is 17.8 Å². The van der Waals surface area contributed by atoms with E-state index in [4.69, 9.17) is 9.15 Å². The summed E-state index contributed by atoms with van der Waals surface area (Å²) in [6, 6.07) is 10.4. The third-order valence-electron chi connectivity index (χ3n) is 5.33. The second kappa shape index (κ2) is 8.29. The Morgan fingerprint density at radius 3 is 2.39 bits per heavy atom. The van der Waals surface area contributed by atoms with Gasteiger partial charge in [0.15, 0.2) is 0 Å². The minimum atomic E-state index is -0.754. The number of nitrogens with zero attached hydrogens (tertiary/aromatic N) is 1. The van der Waals surface area contributed by atoms with Gasteiger partial charge in [0, 0.05) is 13.1 Å². The molecular formula is C21H24N2O5. The highest BCUT2D eigenvalue weighted by Crippen LogP contribution is 2.36. The molecule has 28 heavy (non-hydrogen) atoms. The molecule has 148 valence electrons. The first-order valence-corrected chi connectivity index (χ1v) is 9.24. The van der Waals surface area contributed by atoms with Gasteiger partial charge in [0.1, 0.15) is 12.3 Å². The first-order valence-electron chi connectivity index (χ1n) is 9.24. The maximum atomic E-state index is 12.8. The van der Waals surface area contributed by atoms with Crippen LogP contribution >= 0.6 is 0 Å². The quantitative estimate of drug-likeness (QED) is 0.798. The molecule has 2 aromatic rings. The summed E-state index contributed by atoms with van der Waals surface area (Å²) in [5.74, 6) is -0.824. The number of esters is 1. The maximum absolute atomic E-state index is 12.8. The van der Waals surface area contributed by atoms with Gasteiger partial charge in [0.25, 0.3) is 5.91 Å². The number of carbonyl (C=O) groups is 3. The van der Waals surface area contributed by atoms with Gasteiger partial charge in [-0.3, -0.25) is 14.4 Å². The van der Waals surface area contributed by atoms with Crippen LogP contribution in [0.25, 0.3) is 0 Å². The summed E-state index contributed by atoms with van der Waals surface area (Å²) < 4.78 is 9.97. The van der Waals surface area contributed by atoms with Crippen LogP contribution in [0.4, 0.5) is 0 Å². The highest BCUT2D eigenvalue weighted by molar-refractivity contribution is 5.97. The van der Waals surface area contributed by atoms with Crippen molar-refractivity contribution in [2.45, 2.75) is 31.2 Å². The molecule has 1 aromatic carbocycles. The lowest BCUT2D eigenvalue weighted by Crippen LogP contribution is -2.53. The van der Waals surface area contributed by atoms with Crippen molar-refractivity contribution in [1.29, 1.82) is 0 Å². The summed E-state index contributed by atoms with van der Waals surface area (Å²) >= 11 is 0. The van der Waals surface area contributed by atoms with Gasteiger partial charge in [-0.2, -0.15) is 0 Å². The number of furan rings is 1. The molecule has 1 aromatic heterocycles. The molecule has 3 rings (SSSR count). The van der Waals surface area contributed by atoms with Crippen molar-refractivity contribution >= 4 is 17.8 Å². The fraction of sp³-hybridized carbons (Fsp3) is 0.381. The monoisotopic (exact) mass is 384 g/mol.